The summed E-state index contributed by atoms with van der Waals surface area (Å²) in [6, 6.07) is 4.56. The van der Waals surface area contributed by atoms with Crippen molar-refractivity contribution >= 4 is 5.82 Å². The maximum atomic E-state index is 4.32. The van der Waals surface area contributed by atoms with Gasteiger partial charge in [-0.15, -0.1) is 0 Å². The van der Waals surface area contributed by atoms with Gasteiger partial charge in [-0.1, -0.05) is 0 Å². The average Bonchev–Trinajstić information content (AvgIpc) is 3.10. The van der Waals surface area contributed by atoms with Gasteiger partial charge >= 0.3 is 0 Å². The van der Waals surface area contributed by atoms with Gasteiger partial charge in [0.15, 0.2) is 0 Å². The van der Waals surface area contributed by atoms with E-state index in [1.807, 2.05) is 24.0 Å². The van der Waals surface area contributed by atoms with Crippen molar-refractivity contribution in [2.75, 3.05) is 25.0 Å². The number of hydrogen-bond acceptors (Lipinski definition) is 5. The molecule has 0 radical (unpaired) electrons. The summed E-state index contributed by atoms with van der Waals surface area (Å²) in [7, 11) is 4.11. The Morgan fingerprint density at radius 2 is 2.25 bits per heavy atom. The van der Waals surface area contributed by atoms with E-state index in [1.165, 1.54) is 12.1 Å². The Balaban J connectivity index is 1.61. The second kappa shape index (κ2) is 5.58. The Labute approximate surface area is 119 Å². The number of hydrogen-bond donors (Lipinski definition) is 0. The molecule has 3 rings (SSSR count). The molecule has 0 saturated carbocycles. The first-order chi connectivity index (χ1) is 9.74. The van der Waals surface area contributed by atoms with Crippen LogP contribution >= 0.6 is 0 Å². The molecular formula is C14H20N6. The fraction of sp³-hybridized carbons (Fsp3) is 0.500. The predicted molar refractivity (Wildman–Crippen MR) is 77.3 cm³/mol. The normalized spacial score (nSPS) is 19.4. The van der Waals surface area contributed by atoms with E-state index in [0.717, 1.165) is 25.5 Å². The molecular weight excluding hydrogens is 252 g/mol. The maximum absolute atomic E-state index is 4.32. The third kappa shape index (κ3) is 2.65. The molecule has 0 N–H and O–H groups in total. The first-order valence-corrected chi connectivity index (χ1v) is 6.92. The zero-order valence-electron chi connectivity index (χ0n) is 12.0. The molecule has 1 saturated heterocycles. The number of rotatable bonds is 4. The summed E-state index contributed by atoms with van der Waals surface area (Å²) >= 11 is 0. The number of aryl methyl sites for hydroxylation is 1. The highest BCUT2D eigenvalue weighted by Gasteiger charge is 2.26. The van der Waals surface area contributed by atoms with Crippen molar-refractivity contribution in [3.8, 4) is 0 Å². The standard InChI is InChI=1S/C14H20N6/c1-18(14-4-6-15-11-16-14)12-5-8-20(9-12)10-13-3-7-17-19(13)2/h3-4,6-7,11-12H,5,8-10H2,1-2H3. The highest BCUT2D eigenvalue weighted by molar-refractivity contribution is 5.37. The summed E-state index contributed by atoms with van der Waals surface area (Å²) in [4.78, 5) is 13.0. The van der Waals surface area contributed by atoms with E-state index in [0.29, 0.717) is 6.04 Å². The fourth-order valence-electron chi connectivity index (χ4n) is 2.74. The Bertz CT molecular complexity index is 552. The lowest BCUT2D eigenvalue weighted by molar-refractivity contribution is 0.316. The van der Waals surface area contributed by atoms with Gasteiger partial charge in [-0.3, -0.25) is 9.58 Å². The van der Waals surface area contributed by atoms with Crippen molar-refractivity contribution in [1.29, 1.82) is 0 Å². The molecule has 1 atom stereocenters. The van der Waals surface area contributed by atoms with Gasteiger partial charge in [-0.2, -0.15) is 5.10 Å². The van der Waals surface area contributed by atoms with E-state index >= 15 is 0 Å². The molecule has 1 unspecified atom stereocenters. The summed E-state index contributed by atoms with van der Waals surface area (Å²) in [5, 5.41) is 4.22. The summed E-state index contributed by atoms with van der Waals surface area (Å²) in [6.07, 6.45) is 6.42. The zero-order valence-corrected chi connectivity index (χ0v) is 12.0. The van der Waals surface area contributed by atoms with Gasteiger partial charge in [0.25, 0.3) is 0 Å². The predicted octanol–water partition coefficient (Wildman–Crippen LogP) is 0.921. The van der Waals surface area contributed by atoms with Crippen LogP contribution in [0.15, 0.2) is 30.9 Å². The topological polar surface area (TPSA) is 50.1 Å². The lowest BCUT2D eigenvalue weighted by atomic mass is 10.2. The molecule has 0 aromatic carbocycles. The van der Waals surface area contributed by atoms with Crippen LogP contribution < -0.4 is 4.90 Å². The second-order valence-electron chi connectivity index (χ2n) is 5.30. The summed E-state index contributed by atoms with van der Waals surface area (Å²) in [6.45, 7) is 3.14. The van der Waals surface area contributed by atoms with Gasteiger partial charge in [0.05, 0.1) is 5.69 Å². The highest BCUT2D eigenvalue weighted by atomic mass is 15.3. The molecule has 0 aliphatic carbocycles. The minimum atomic E-state index is 0.512. The zero-order chi connectivity index (χ0) is 13.9. The van der Waals surface area contributed by atoms with E-state index in [-0.39, 0.29) is 0 Å². The van der Waals surface area contributed by atoms with E-state index in [1.54, 1.807) is 12.5 Å². The van der Waals surface area contributed by atoms with Crippen LogP contribution in [-0.4, -0.2) is 50.8 Å². The summed E-state index contributed by atoms with van der Waals surface area (Å²) in [5.74, 6) is 0.993. The highest BCUT2D eigenvalue weighted by Crippen LogP contribution is 2.20. The third-order valence-corrected chi connectivity index (χ3v) is 4.03. The molecule has 0 bridgehead atoms. The maximum Gasteiger partial charge on any atom is 0.131 e. The van der Waals surface area contributed by atoms with Crippen molar-refractivity contribution in [3.63, 3.8) is 0 Å². The number of anilines is 1. The van der Waals surface area contributed by atoms with E-state index in [2.05, 4.69) is 38.0 Å². The number of likely N-dealkylation sites (tertiary alicyclic amines) is 1. The molecule has 106 valence electrons. The Morgan fingerprint density at radius 1 is 1.35 bits per heavy atom. The monoisotopic (exact) mass is 272 g/mol. The third-order valence-electron chi connectivity index (χ3n) is 4.03. The van der Waals surface area contributed by atoms with Crippen LogP contribution in [0.5, 0.6) is 0 Å². The molecule has 1 aliphatic rings. The van der Waals surface area contributed by atoms with E-state index in [9.17, 15) is 0 Å². The van der Waals surface area contributed by atoms with E-state index in [4.69, 9.17) is 0 Å². The van der Waals surface area contributed by atoms with Crippen molar-refractivity contribution in [2.45, 2.75) is 19.0 Å². The fourth-order valence-corrected chi connectivity index (χ4v) is 2.74. The quantitative estimate of drug-likeness (QED) is 0.828. The van der Waals surface area contributed by atoms with Gasteiger partial charge in [0, 0.05) is 52.2 Å². The summed E-state index contributed by atoms with van der Waals surface area (Å²) < 4.78 is 1.95. The molecule has 6 heteroatoms. The second-order valence-corrected chi connectivity index (χ2v) is 5.30. The first kappa shape index (κ1) is 13.1. The van der Waals surface area contributed by atoms with Crippen molar-refractivity contribution in [1.82, 2.24) is 24.6 Å². The minimum Gasteiger partial charge on any atom is -0.355 e. The molecule has 2 aromatic rings. The van der Waals surface area contributed by atoms with Crippen LogP contribution in [0.25, 0.3) is 0 Å². The van der Waals surface area contributed by atoms with Crippen molar-refractivity contribution in [3.05, 3.63) is 36.5 Å². The molecule has 0 spiro atoms. The minimum absolute atomic E-state index is 0.512. The van der Waals surface area contributed by atoms with Crippen molar-refractivity contribution in [2.24, 2.45) is 7.05 Å². The van der Waals surface area contributed by atoms with E-state index < -0.39 is 0 Å². The molecule has 6 nitrogen and oxygen atoms in total. The summed E-state index contributed by atoms with van der Waals surface area (Å²) in [5.41, 5.74) is 1.26. The Morgan fingerprint density at radius 3 is 2.95 bits per heavy atom. The number of likely N-dealkylation sites (N-methyl/N-ethyl adjacent to an activating group) is 1. The van der Waals surface area contributed by atoms with Crippen LogP contribution in [0.4, 0.5) is 5.82 Å². The van der Waals surface area contributed by atoms with Crippen LogP contribution in [0, 0.1) is 0 Å². The van der Waals surface area contributed by atoms with Crippen LogP contribution in [0.3, 0.4) is 0 Å². The van der Waals surface area contributed by atoms with Crippen LogP contribution in [0.2, 0.25) is 0 Å². The van der Waals surface area contributed by atoms with Gasteiger partial charge in [-0.25, -0.2) is 9.97 Å². The van der Waals surface area contributed by atoms with Gasteiger partial charge in [-0.05, 0) is 18.6 Å². The van der Waals surface area contributed by atoms with Crippen LogP contribution in [0.1, 0.15) is 12.1 Å². The molecule has 1 aliphatic heterocycles. The Hall–Kier alpha value is -1.95. The molecule has 1 fully saturated rings. The number of nitrogens with zero attached hydrogens (tertiary/aromatic N) is 6. The number of aromatic nitrogens is 4. The molecule has 2 aromatic heterocycles. The molecule has 3 heterocycles. The largest absolute Gasteiger partial charge is 0.355 e. The smallest absolute Gasteiger partial charge is 0.131 e. The van der Waals surface area contributed by atoms with Crippen molar-refractivity contribution < 1.29 is 0 Å². The van der Waals surface area contributed by atoms with Crippen LogP contribution in [-0.2, 0) is 13.6 Å². The van der Waals surface area contributed by atoms with Gasteiger partial charge in [0.1, 0.15) is 12.1 Å². The molecule has 20 heavy (non-hydrogen) atoms. The molecule has 0 amide bonds. The SMILES string of the molecule is CN(c1ccncn1)C1CCN(Cc2ccnn2C)C1. The van der Waals surface area contributed by atoms with Gasteiger partial charge in [0.2, 0.25) is 0 Å². The lowest BCUT2D eigenvalue weighted by Crippen LogP contribution is -2.35. The Kier molecular flexibility index (Phi) is 3.64. The first-order valence-electron chi connectivity index (χ1n) is 6.92. The lowest BCUT2D eigenvalue weighted by Gasteiger charge is -2.25. The average molecular weight is 272 g/mol. The van der Waals surface area contributed by atoms with Gasteiger partial charge < -0.3 is 4.90 Å².